The summed E-state index contributed by atoms with van der Waals surface area (Å²) in [7, 11) is 0. The van der Waals surface area contributed by atoms with Crippen LogP contribution in [0.15, 0.2) is 0 Å². The quantitative estimate of drug-likeness (QED) is 0.749. The summed E-state index contributed by atoms with van der Waals surface area (Å²) in [4.78, 5) is 22.8. The monoisotopic (exact) mass is 302 g/mol. The highest BCUT2D eigenvalue weighted by Gasteiger charge is 2.53. The summed E-state index contributed by atoms with van der Waals surface area (Å²) in [5.74, 6) is -4.13. The molecule has 4 saturated carbocycles. The third-order valence-electron chi connectivity index (χ3n) is 4.99. The summed E-state index contributed by atoms with van der Waals surface area (Å²) in [5.41, 5.74) is -0.438. The first-order chi connectivity index (χ1) is 9.76. The number of carbonyl (C=O) groups is 2. The molecule has 4 nitrogen and oxygen atoms in total. The zero-order chi connectivity index (χ0) is 15.3. The molecule has 4 aliphatic rings. The van der Waals surface area contributed by atoms with Crippen LogP contribution in [0, 0.1) is 17.8 Å². The molecule has 4 rings (SSSR count). The van der Waals surface area contributed by atoms with Crippen molar-refractivity contribution in [2.24, 2.45) is 17.8 Å². The second kappa shape index (κ2) is 4.92. The fourth-order valence-corrected chi connectivity index (χ4v) is 4.68. The molecule has 0 heterocycles. The van der Waals surface area contributed by atoms with Crippen LogP contribution in [0.5, 0.6) is 0 Å². The first-order valence-electron chi connectivity index (χ1n) is 7.53. The van der Waals surface area contributed by atoms with Crippen LogP contribution in [0.2, 0.25) is 0 Å². The fraction of sp³-hybridized carbons (Fsp3) is 0.867. The van der Waals surface area contributed by atoms with Crippen LogP contribution in [-0.4, -0.2) is 30.1 Å². The van der Waals surface area contributed by atoms with Crippen molar-refractivity contribution in [3.05, 3.63) is 0 Å². The summed E-state index contributed by atoms with van der Waals surface area (Å²) in [5, 5.41) is 0. The zero-order valence-corrected chi connectivity index (χ0v) is 12.1. The molecule has 0 aliphatic heterocycles. The number of ether oxygens (including phenoxy) is 2. The van der Waals surface area contributed by atoms with Gasteiger partial charge in [0.1, 0.15) is 5.60 Å². The molecule has 0 saturated heterocycles. The highest BCUT2D eigenvalue weighted by molar-refractivity contribution is 5.80. The molecule has 0 radical (unpaired) electrons. The predicted octanol–water partition coefficient (Wildman–Crippen LogP) is 2.70. The molecular weight excluding hydrogens is 282 g/mol. The topological polar surface area (TPSA) is 52.6 Å². The lowest BCUT2D eigenvalue weighted by Crippen LogP contribution is -2.53. The van der Waals surface area contributed by atoms with E-state index in [0.29, 0.717) is 24.7 Å². The Morgan fingerprint density at radius 1 is 1.10 bits per heavy atom. The number of hydrogen-bond donors (Lipinski definition) is 0. The highest BCUT2D eigenvalue weighted by Crippen LogP contribution is 2.57. The highest BCUT2D eigenvalue weighted by atomic mass is 19.3. The van der Waals surface area contributed by atoms with Crippen LogP contribution < -0.4 is 0 Å². The van der Waals surface area contributed by atoms with E-state index < -0.39 is 30.1 Å². The molecule has 0 spiro atoms. The number of carbonyl (C=O) groups excluding carboxylic acids is 2. The molecule has 0 atom stereocenters. The van der Waals surface area contributed by atoms with Gasteiger partial charge in [-0.05, 0) is 56.3 Å². The molecule has 4 fully saturated rings. The molecule has 21 heavy (non-hydrogen) atoms. The van der Waals surface area contributed by atoms with Crippen LogP contribution in [0.3, 0.4) is 0 Å². The molecule has 0 unspecified atom stereocenters. The third-order valence-corrected chi connectivity index (χ3v) is 4.99. The molecular formula is C15H20F2O4. The van der Waals surface area contributed by atoms with E-state index in [1.54, 1.807) is 0 Å². The lowest BCUT2D eigenvalue weighted by Gasteiger charge is -2.55. The van der Waals surface area contributed by atoms with Crippen molar-refractivity contribution >= 4 is 11.9 Å². The third kappa shape index (κ3) is 3.04. The van der Waals surface area contributed by atoms with E-state index in [-0.39, 0.29) is 0 Å². The van der Waals surface area contributed by atoms with Crippen molar-refractivity contribution in [3.8, 4) is 0 Å². The lowest BCUT2D eigenvalue weighted by molar-refractivity contribution is -0.196. The van der Waals surface area contributed by atoms with Crippen LogP contribution >= 0.6 is 0 Å². The summed E-state index contributed by atoms with van der Waals surface area (Å²) in [6, 6.07) is 0. The smallest absolute Gasteiger partial charge is 0.377 e. The normalized spacial score (nSPS) is 37.4. The Morgan fingerprint density at radius 2 is 1.57 bits per heavy atom. The Balaban J connectivity index is 1.54. The van der Waals surface area contributed by atoms with Crippen molar-refractivity contribution in [1.82, 2.24) is 0 Å². The number of halogens is 2. The van der Waals surface area contributed by atoms with Gasteiger partial charge in [-0.1, -0.05) is 0 Å². The Kier molecular flexibility index (Phi) is 3.45. The molecule has 0 aromatic rings. The van der Waals surface area contributed by atoms with Gasteiger partial charge in [-0.25, -0.2) is 9.59 Å². The Morgan fingerprint density at radius 3 is 2.00 bits per heavy atom. The average Bonchev–Trinajstić information content (AvgIpc) is 2.32. The van der Waals surface area contributed by atoms with E-state index in [2.05, 4.69) is 4.74 Å². The van der Waals surface area contributed by atoms with E-state index in [1.165, 1.54) is 19.3 Å². The van der Waals surface area contributed by atoms with E-state index in [9.17, 15) is 18.4 Å². The predicted molar refractivity (Wildman–Crippen MR) is 68.6 cm³/mol. The summed E-state index contributed by atoms with van der Waals surface area (Å²) in [6.45, 7) is -0.288. The zero-order valence-electron chi connectivity index (χ0n) is 12.1. The van der Waals surface area contributed by atoms with Gasteiger partial charge < -0.3 is 9.47 Å². The van der Waals surface area contributed by atoms with Gasteiger partial charge in [0.25, 0.3) is 0 Å². The van der Waals surface area contributed by atoms with Gasteiger partial charge in [0.15, 0.2) is 6.61 Å². The molecule has 0 amide bonds. The second-order valence-corrected chi connectivity index (χ2v) is 7.04. The SMILES string of the molecule is CC(F)(F)C(=O)OCC(=O)OC12CC3CC(CC(C3)C1)C2. The van der Waals surface area contributed by atoms with Crippen molar-refractivity contribution < 1.29 is 27.8 Å². The molecule has 0 aromatic heterocycles. The molecule has 118 valence electrons. The molecule has 0 aromatic carbocycles. The number of hydrogen-bond acceptors (Lipinski definition) is 4. The fourth-order valence-electron chi connectivity index (χ4n) is 4.68. The molecule has 6 heteroatoms. The summed E-state index contributed by atoms with van der Waals surface area (Å²) in [6.07, 6.45) is 6.24. The van der Waals surface area contributed by atoms with Gasteiger partial charge in [0, 0.05) is 6.92 Å². The first-order valence-corrected chi connectivity index (χ1v) is 7.53. The van der Waals surface area contributed by atoms with E-state index >= 15 is 0 Å². The first kappa shape index (κ1) is 14.7. The minimum Gasteiger partial charge on any atom is -0.457 e. The number of alkyl halides is 2. The Labute approximate surface area is 122 Å². The van der Waals surface area contributed by atoms with Crippen LogP contribution in [0.25, 0.3) is 0 Å². The van der Waals surface area contributed by atoms with E-state index in [1.807, 2.05) is 0 Å². The maximum atomic E-state index is 12.7. The molecule has 4 aliphatic carbocycles. The van der Waals surface area contributed by atoms with Crippen molar-refractivity contribution in [2.75, 3.05) is 6.61 Å². The summed E-state index contributed by atoms with van der Waals surface area (Å²) >= 11 is 0. The Hall–Kier alpha value is -1.20. The van der Waals surface area contributed by atoms with Gasteiger partial charge in [-0.15, -0.1) is 0 Å². The van der Waals surface area contributed by atoms with Gasteiger partial charge in [0.2, 0.25) is 0 Å². The van der Waals surface area contributed by atoms with Gasteiger partial charge >= 0.3 is 17.9 Å². The molecule has 0 N–H and O–H groups in total. The number of rotatable bonds is 4. The standard InChI is InChI=1S/C15H20F2O4/c1-14(16,17)13(19)20-8-12(18)21-15-5-9-2-10(6-15)4-11(3-9)7-15/h9-11H,2-8H2,1H3. The second-order valence-electron chi connectivity index (χ2n) is 7.04. The van der Waals surface area contributed by atoms with E-state index in [4.69, 9.17) is 4.74 Å². The van der Waals surface area contributed by atoms with Gasteiger partial charge in [0.05, 0.1) is 0 Å². The van der Waals surface area contributed by atoms with Crippen molar-refractivity contribution in [3.63, 3.8) is 0 Å². The summed E-state index contributed by atoms with van der Waals surface area (Å²) < 4.78 is 35.2. The van der Waals surface area contributed by atoms with Crippen molar-refractivity contribution in [1.29, 1.82) is 0 Å². The minimum absolute atomic E-state index is 0.438. The van der Waals surface area contributed by atoms with Crippen LogP contribution in [-0.2, 0) is 19.1 Å². The maximum Gasteiger partial charge on any atom is 0.377 e. The largest absolute Gasteiger partial charge is 0.457 e. The van der Waals surface area contributed by atoms with Crippen LogP contribution in [0.4, 0.5) is 8.78 Å². The molecule has 4 bridgehead atoms. The number of esters is 2. The Bertz CT molecular complexity index is 420. The average molecular weight is 302 g/mol. The van der Waals surface area contributed by atoms with E-state index in [0.717, 1.165) is 19.3 Å². The van der Waals surface area contributed by atoms with Crippen LogP contribution in [0.1, 0.15) is 45.4 Å². The lowest BCUT2D eigenvalue weighted by atomic mass is 9.54. The van der Waals surface area contributed by atoms with Gasteiger partial charge in [-0.2, -0.15) is 8.78 Å². The van der Waals surface area contributed by atoms with Gasteiger partial charge in [-0.3, -0.25) is 0 Å². The van der Waals surface area contributed by atoms with Crippen molar-refractivity contribution in [2.45, 2.75) is 57.0 Å². The maximum absolute atomic E-state index is 12.7. The minimum atomic E-state index is -3.58.